The van der Waals surface area contributed by atoms with E-state index in [1.54, 1.807) is 0 Å². The summed E-state index contributed by atoms with van der Waals surface area (Å²) in [6, 6.07) is 0. The molecular formula is C10H19O. The standard InChI is InChI=1S/C10H19O/c1-3-5-7-8-10-11-9-6-4-2/h8H,3-7,9H2,1-2H3. The molecule has 0 aromatic heterocycles. The predicted molar refractivity (Wildman–Crippen MR) is 48.2 cm³/mol. The van der Waals surface area contributed by atoms with Crippen LogP contribution in [0.4, 0.5) is 0 Å². The minimum absolute atomic E-state index is 0.819. The second-order valence-electron chi connectivity index (χ2n) is 2.67. The molecule has 0 saturated carbocycles. The van der Waals surface area contributed by atoms with Crippen molar-refractivity contribution in [2.75, 3.05) is 6.61 Å². The molecule has 0 rings (SSSR count). The van der Waals surface area contributed by atoms with Crippen molar-refractivity contribution in [3.05, 3.63) is 12.3 Å². The Kier molecular flexibility index (Phi) is 9.14. The summed E-state index contributed by atoms with van der Waals surface area (Å²) in [5, 5.41) is 0. The average molecular weight is 155 g/mol. The quantitative estimate of drug-likeness (QED) is 0.405. The van der Waals surface area contributed by atoms with E-state index in [4.69, 9.17) is 4.74 Å². The smallest absolute Gasteiger partial charge is 0.156 e. The second kappa shape index (κ2) is 9.54. The van der Waals surface area contributed by atoms with Gasteiger partial charge in [0.1, 0.15) is 0 Å². The van der Waals surface area contributed by atoms with Gasteiger partial charge in [0.2, 0.25) is 0 Å². The lowest BCUT2D eigenvalue weighted by atomic mass is 10.2. The van der Waals surface area contributed by atoms with Gasteiger partial charge in [-0.1, -0.05) is 26.7 Å². The van der Waals surface area contributed by atoms with E-state index in [2.05, 4.69) is 20.1 Å². The van der Waals surface area contributed by atoms with E-state index in [0.717, 1.165) is 19.4 Å². The van der Waals surface area contributed by atoms with Crippen LogP contribution in [-0.2, 0) is 4.74 Å². The highest BCUT2D eigenvalue weighted by atomic mass is 16.5. The van der Waals surface area contributed by atoms with E-state index in [9.17, 15) is 0 Å². The van der Waals surface area contributed by atoms with Gasteiger partial charge in [-0.2, -0.15) is 0 Å². The molecule has 0 unspecified atom stereocenters. The molecule has 0 atom stereocenters. The first-order chi connectivity index (χ1) is 5.41. The van der Waals surface area contributed by atoms with Gasteiger partial charge in [0.25, 0.3) is 0 Å². The monoisotopic (exact) mass is 155 g/mol. The summed E-state index contributed by atoms with van der Waals surface area (Å²) in [5.41, 5.74) is 0. The highest BCUT2D eigenvalue weighted by molar-refractivity contribution is 4.66. The molecule has 0 aliphatic rings. The Labute approximate surface area is 70.4 Å². The van der Waals surface area contributed by atoms with Crippen LogP contribution in [0.3, 0.4) is 0 Å². The zero-order valence-electron chi connectivity index (χ0n) is 7.73. The van der Waals surface area contributed by atoms with Crippen LogP contribution in [0.15, 0.2) is 6.08 Å². The third kappa shape index (κ3) is 9.54. The van der Waals surface area contributed by atoms with Crippen molar-refractivity contribution < 1.29 is 4.74 Å². The van der Waals surface area contributed by atoms with E-state index in [1.165, 1.54) is 19.3 Å². The van der Waals surface area contributed by atoms with Crippen molar-refractivity contribution in [2.45, 2.75) is 46.0 Å². The number of hydrogen-bond acceptors (Lipinski definition) is 1. The fourth-order valence-electron chi connectivity index (χ4n) is 0.699. The van der Waals surface area contributed by atoms with Crippen molar-refractivity contribution in [1.29, 1.82) is 0 Å². The molecule has 0 aliphatic carbocycles. The number of hydrogen-bond donors (Lipinski definition) is 0. The van der Waals surface area contributed by atoms with Crippen molar-refractivity contribution in [2.24, 2.45) is 0 Å². The van der Waals surface area contributed by atoms with Crippen LogP contribution in [0.5, 0.6) is 0 Å². The summed E-state index contributed by atoms with van der Waals surface area (Å²) in [4.78, 5) is 0. The van der Waals surface area contributed by atoms with E-state index in [1.807, 2.05) is 6.08 Å². The lowest BCUT2D eigenvalue weighted by Gasteiger charge is -1.95. The van der Waals surface area contributed by atoms with Crippen LogP contribution in [0, 0.1) is 6.26 Å². The summed E-state index contributed by atoms with van der Waals surface area (Å²) in [7, 11) is 0. The van der Waals surface area contributed by atoms with Gasteiger partial charge >= 0.3 is 0 Å². The summed E-state index contributed by atoms with van der Waals surface area (Å²) in [6.07, 6.45) is 10.7. The first-order valence-electron chi connectivity index (χ1n) is 4.60. The van der Waals surface area contributed by atoms with E-state index < -0.39 is 0 Å². The molecular weight excluding hydrogens is 136 g/mol. The second-order valence-corrected chi connectivity index (χ2v) is 2.67. The van der Waals surface area contributed by atoms with Crippen molar-refractivity contribution >= 4 is 0 Å². The van der Waals surface area contributed by atoms with E-state index in [-0.39, 0.29) is 0 Å². The van der Waals surface area contributed by atoms with Crippen molar-refractivity contribution in [3.8, 4) is 0 Å². The van der Waals surface area contributed by atoms with Gasteiger partial charge in [-0.05, 0) is 25.3 Å². The van der Waals surface area contributed by atoms with Gasteiger partial charge in [-0.25, -0.2) is 0 Å². The summed E-state index contributed by atoms with van der Waals surface area (Å²) in [5.74, 6) is 0. The molecule has 0 heterocycles. The third-order valence-corrected chi connectivity index (χ3v) is 1.47. The molecule has 1 radical (unpaired) electrons. The van der Waals surface area contributed by atoms with E-state index in [0.29, 0.717) is 0 Å². The van der Waals surface area contributed by atoms with Crippen molar-refractivity contribution in [3.63, 3.8) is 0 Å². The van der Waals surface area contributed by atoms with Gasteiger partial charge < -0.3 is 4.74 Å². The largest absolute Gasteiger partial charge is 0.490 e. The van der Waals surface area contributed by atoms with Crippen LogP contribution in [0.25, 0.3) is 0 Å². The van der Waals surface area contributed by atoms with Crippen LogP contribution >= 0.6 is 0 Å². The van der Waals surface area contributed by atoms with Gasteiger partial charge in [0.15, 0.2) is 6.26 Å². The predicted octanol–water partition coefficient (Wildman–Crippen LogP) is 3.31. The lowest BCUT2D eigenvalue weighted by molar-refractivity contribution is 0.222. The first kappa shape index (κ1) is 10.5. The minimum atomic E-state index is 0.819. The molecule has 0 aromatic carbocycles. The van der Waals surface area contributed by atoms with Gasteiger partial charge in [0, 0.05) is 0 Å². The molecule has 0 amide bonds. The Hall–Kier alpha value is -0.460. The Morgan fingerprint density at radius 3 is 2.55 bits per heavy atom. The molecule has 1 heteroatoms. The fraction of sp³-hybridized carbons (Fsp3) is 0.800. The number of allylic oxidation sites excluding steroid dienone is 1. The Bertz CT molecular complexity index is 86.9. The van der Waals surface area contributed by atoms with Gasteiger partial charge in [-0.15, -0.1) is 0 Å². The van der Waals surface area contributed by atoms with Crippen LogP contribution in [0.2, 0.25) is 0 Å². The summed E-state index contributed by atoms with van der Waals surface area (Å²) < 4.78 is 5.12. The molecule has 0 N–H and O–H groups in total. The average Bonchev–Trinajstić information content (AvgIpc) is 2.03. The molecule has 0 aromatic rings. The van der Waals surface area contributed by atoms with Crippen molar-refractivity contribution in [1.82, 2.24) is 0 Å². The SMILES string of the molecule is CCCC/C=[C]\OCCCC. The maximum Gasteiger partial charge on any atom is 0.156 e. The molecule has 11 heavy (non-hydrogen) atoms. The lowest BCUT2D eigenvalue weighted by Crippen LogP contribution is -1.85. The zero-order valence-corrected chi connectivity index (χ0v) is 7.73. The topological polar surface area (TPSA) is 9.23 Å². The zero-order chi connectivity index (χ0) is 8.36. The van der Waals surface area contributed by atoms with E-state index >= 15 is 0 Å². The number of rotatable bonds is 7. The molecule has 0 spiro atoms. The molecule has 0 aliphatic heterocycles. The highest BCUT2D eigenvalue weighted by Crippen LogP contribution is 1.95. The molecule has 1 nitrogen and oxygen atoms in total. The third-order valence-electron chi connectivity index (χ3n) is 1.47. The minimum Gasteiger partial charge on any atom is -0.490 e. The number of unbranched alkanes of at least 4 members (excludes halogenated alkanes) is 3. The Morgan fingerprint density at radius 2 is 1.91 bits per heavy atom. The number of ether oxygens (including phenoxy) is 1. The van der Waals surface area contributed by atoms with Gasteiger partial charge in [-0.3, -0.25) is 0 Å². The summed E-state index contributed by atoms with van der Waals surface area (Å²) in [6.45, 7) is 5.16. The Morgan fingerprint density at radius 1 is 1.18 bits per heavy atom. The van der Waals surface area contributed by atoms with Crippen LogP contribution in [0.1, 0.15) is 46.0 Å². The molecule has 0 saturated heterocycles. The first-order valence-corrected chi connectivity index (χ1v) is 4.60. The molecule has 65 valence electrons. The normalized spacial score (nSPS) is 10.7. The van der Waals surface area contributed by atoms with Gasteiger partial charge in [0.05, 0.1) is 6.61 Å². The van der Waals surface area contributed by atoms with Crippen LogP contribution in [-0.4, -0.2) is 6.61 Å². The maximum absolute atomic E-state index is 5.12. The highest BCUT2D eigenvalue weighted by Gasteiger charge is 1.81. The summed E-state index contributed by atoms with van der Waals surface area (Å²) >= 11 is 0. The fourth-order valence-corrected chi connectivity index (χ4v) is 0.699. The molecule has 0 fully saturated rings. The Balaban J connectivity index is 2.91. The molecule has 0 bridgehead atoms. The maximum atomic E-state index is 5.12. The van der Waals surface area contributed by atoms with Crippen LogP contribution < -0.4 is 0 Å².